The van der Waals surface area contributed by atoms with Gasteiger partial charge in [0.15, 0.2) is 5.96 Å². The summed E-state index contributed by atoms with van der Waals surface area (Å²) in [6.45, 7) is 12.5. The highest BCUT2D eigenvalue weighted by molar-refractivity contribution is 5.98. The van der Waals surface area contributed by atoms with Gasteiger partial charge in [-0.3, -0.25) is 43.8 Å². The largest absolute Gasteiger partial charge is 0.480 e. The molecule has 89 heavy (non-hydrogen) atoms. The van der Waals surface area contributed by atoms with Crippen LogP contribution in [0.5, 0.6) is 0 Å². The van der Waals surface area contributed by atoms with Gasteiger partial charge in [-0.1, -0.05) is 115 Å². The first-order valence-electron chi connectivity index (χ1n) is 29.1. The van der Waals surface area contributed by atoms with Crippen molar-refractivity contribution >= 4 is 71.4 Å². The van der Waals surface area contributed by atoms with Gasteiger partial charge < -0.3 is 99.2 Å². The summed E-state index contributed by atoms with van der Waals surface area (Å²) in [5.41, 5.74) is 5.36. The van der Waals surface area contributed by atoms with E-state index in [-0.39, 0.29) is 38.8 Å². The van der Waals surface area contributed by atoms with E-state index in [0.717, 1.165) is 6.92 Å². The molecule has 0 spiro atoms. The number of hydrogen-bond acceptors (Lipinski definition) is 18. The molecule has 2 aromatic carbocycles. The molecule has 496 valence electrons. The number of benzene rings is 2. The molecule has 0 saturated heterocycles. The fourth-order valence-electron chi connectivity index (χ4n) is 8.36. The number of amides is 10. The maximum Gasteiger partial charge on any atom is 0.408 e. The normalized spacial score (nSPS) is 15.6. The van der Waals surface area contributed by atoms with Crippen molar-refractivity contribution in [2.24, 2.45) is 23.5 Å². The van der Waals surface area contributed by atoms with Crippen LogP contribution < -0.4 is 64.2 Å². The van der Waals surface area contributed by atoms with Crippen LogP contribution in [0.15, 0.2) is 60.7 Å². The second-order valence-corrected chi connectivity index (χ2v) is 22.6. The lowest BCUT2D eigenvalue weighted by Crippen LogP contribution is -2.64. The molecule has 19 N–H and O–H groups in total. The van der Waals surface area contributed by atoms with Gasteiger partial charge >= 0.3 is 18.2 Å². The van der Waals surface area contributed by atoms with Gasteiger partial charge in [0.2, 0.25) is 47.3 Å². The number of ether oxygens (including phenoxy) is 2. The third-order valence-electron chi connectivity index (χ3n) is 13.9. The molecule has 31 heteroatoms. The number of nitrogens with two attached hydrogens (primary N) is 1. The van der Waals surface area contributed by atoms with Gasteiger partial charge in [0.1, 0.15) is 60.5 Å². The van der Waals surface area contributed by atoms with Crippen molar-refractivity contribution in [3.8, 4) is 0 Å². The minimum Gasteiger partial charge on any atom is -0.480 e. The molecule has 0 radical (unpaired) electrons. The third-order valence-corrected chi connectivity index (χ3v) is 13.9. The van der Waals surface area contributed by atoms with Crippen molar-refractivity contribution in [1.29, 1.82) is 5.41 Å². The minimum atomic E-state index is -1.87. The molecule has 0 unspecified atom stereocenters. The summed E-state index contributed by atoms with van der Waals surface area (Å²) in [5, 5.41) is 84.6. The standard InChI is InChI=1S/C58H91N13O18/c1-11-31(5)40(67-53(83)45(46(76)30(3)4)69-52(82)44(71-56(86)88-29-34-20-15-13-16-21-34)43(35-22-17-14-18-23-35)70-57(87)89-58(8,9)10)50(80)64-36(24-19-25-61-55(59)60)47(77)66-41(32(6)12-2)51(81)68-42(33(7)74)49(79)62-26-39(75)63-37(27-72)48(78)65-38(28-73)54(84)85/h13-18,20-23,30-33,36-38,40-46,72-74,76H,11-12,19,24-29H2,1-10H3,(H,62,79)(H,63,75)(H,64,80)(H,65,78)(H,66,77)(H,67,83)(H,68,81)(H,69,82)(H,70,87)(H,71,86)(H,84,85)(H4,59,60,61)/t31-,32-,33-,36+,37-,38-,40-,41-,42-,43+,44-,45-,46+/m0/s1. The Labute approximate surface area is 516 Å². The Hall–Kier alpha value is -8.68. The topological polar surface area (TPSA) is 490 Å². The molecule has 0 aliphatic heterocycles. The molecular formula is C58H91N13O18. The van der Waals surface area contributed by atoms with Crippen LogP contribution in [0.3, 0.4) is 0 Å². The summed E-state index contributed by atoms with van der Waals surface area (Å²) >= 11 is 0. The Morgan fingerprint density at radius 3 is 1.55 bits per heavy atom. The number of aliphatic hydroxyl groups is 4. The molecule has 2 rings (SSSR count). The van der Waals surface area contributed by atoms with E-state index in [0.29, 0.717) is 11.1 Å². The van der Waals surface area contributed by atoms with Crippen LogP contribution in [-0.2, 0) is 59.2 Å². The Balaban J connectivity index is 2.54. The molecule has 0 fully saturated rings. The predicted octanol–water partition coefficient (Wildman–Crippen LogP) is -2.12. The lowest BCUT2D eigenvalue weighted by atomic mass is 9.94. The van der Waals surface area contributed by atoms with E-state index in [1.54, 1.807) is 123 Å². The van der Waals surface area contributed by atoms with Crippen molar-refractivity contribution in [2.45, 2.75) is 174 Å². The summed E-state index contributed by atoms with van der Waals surface area (Å²) in [6, 6.07) is 1.79. The van der Waals surface area contributed by atoms with Gasteiger partial charge in [-0.2, -0.15) is 0 Å². The minimum absolute atomic E-state index is 0.0231. The Morgan fingerprint density at radius 1 is 0.562 bits per heavy atom. The third kappa shape index (κ3) is 26.7. The first kappa shape index (κ1) is 76.4. The highest BCUT2D eigenvalue weighted by Crippen LogP contribution is 2.21. The molecule has 0 bridgehead atoms. The summed E-state index contributed by atoms with van der Waals surface area (Å²) in [7, 11) is 0. The van der Waals surface area contributed by atoms with Crippen LogP contribution >= 0.6 is 0 Å². The zero-order valence-electron chi connectivity index (χ0n) is 51.8. The highest BCUT2D eigenvalue weighted by Gasteiger charge is 2.41. The molecule has 31 nitrogen and oxygen atoms in total. The van der Waals surface area contributed by atoms with Crippen LogP contribution in [0.1, 0.15) is 112 Å². The van der Waals surface area contributed by atoms with Crippen molar-refractivity contribution in [2.75, 3.05) is 26.3 Å². The zero-order valence-corrected chi connectivity index (χ0v) is 51.8. The monoisotopic (exact) mass is 1260 g/mol. The maximum absolute atomic E-state index is 14.8. The van der Waals surface area contributed by atoms with E-state index in [1.165, 1.54) is 0 Å². The molecule has 0 heterocycles. The second kappa shape index (κ2) is 37.9. The van der Waals surface area contributed by atoms with E-state index in [1.807, 2.05) is 5.32 Å². The number of carbonyl (C=O) groups is 11. The van der Waals surface area contributed by atoms with Crippen molar-refractivity contribution in [3.05, 3.63) is 71.8 Å². The van der Waals surface area contributed by atoms with Crippen LogP contribution in [-0.4, -0.2) is 189 Å². The van der Waals surface area contributed by atoms with E-state index in [2.05, 4.69) is 53.2 Å². The van der Waals surface area contributed by atoms with E-state index < -0.39 is 181 Å². The number of alkyl carbamates (subject to hydrolysis) is 2. The molecule has 0 saturated carbocycles. The van der Waals surface area contributed by atoms with E-state index >= 15 is 0 Å². The van der Waals surface area contributed by atoms with E-state index in [4.69, 9.17) is 25.7 Å². The number of hydrogen-bond donors (Lipinski definition) is 18. The highest BCUT2D eigenvalue weighted by atomic mass is 16.6. The maximum atomic E-state index is 14.8. The number of rotatable bonds is 36. The first-order chi connectivity index (χ1) is 41.8. The van der Waals surface area contributed by atoms with E-state index in [9.17, 15) is 73.2 Å². The Morgan fingerprint density at radius 2 is 1.04 bits per heavy atom. The molecule has 2 aromatic rings. The SMILES string of the molecule is CC[C@H](C)[C@H](NC(=O)[C@@H](NC(=O)[C@@H](NC(=O)OCc1ccccc1)[C@H](NC(=O)OC(C)(C)C)c1ccccc1)[C@H](O)C(C)C)C(=O)N[C@H](CCCNC(=N)N)C(=O)N[C@H](C(=O)N[C@H](C(=O)NCC(=O)N[C@@H](CO)C(=O)N[C@@H](CO)C(=O)O)[C@H](C)O)[C@@H](C)CC. The Bertz CT molecular complexity index is 2680. The van der Waals surface area contributed by atoms with Crippen molar-refractivity contribution in [3.63, 3.8) is 0 Å². The predicted molar refractivity (Wildman–Crippen MR) is 321 cm³/mol. The summed E-state index contributed by atoms with van der Waals surface area (Å²) < 4.78 is 11.0. The van der Waals surface area contributed by atoms with Gasteiger partial charge in [0.05, 0.1) is 38.0 Å². The van der Waals surface area contributed by atoms with Gasteiger partial charge in [-0.15, -0.1) is 0 Å². The Kier molecular flexibility index (Phi) is 32.5. The summed E-state index contributed by atoms with van der Waals surface area (Å²) in [5.74, 6) is -12.7. The number of aliphatic hydroxyl groups excluding tert-OH is 4. The molecule has 0 aromatic heterocycles. The number of nitrogens with one attached hydrogen (secondary N) is 12. The number of carbonyl (C=O) groups excluding carboxylic acids is 10. The molecule has 0 aliphatic rings. The first-order valence-corrected chi connectivity index (χ1v) is 29.1. The number of guanidine groups is 1. The molecular weight excluding hydrogens is 1170 g/mol. The van der Waals surface area contributed by atoms with Crippen molar-refractivity contribution in [1.82, 2.24) is 58.5 Å². The summed E-state index contributed by atoms with van der Waals surface area (Å²) in [6.07, 6.45) is -5.05. The van der Waals surface area contributed by atoms with Crippen LogP contribution in [0.4, 0.5) is 9.59 Å². The van der Waals surface area contributed by atoms with Gasteiger partial charge in [0, 0.05) is 6.54 Å². The average Bonchev–Trinajstić information content (AvgIpc) is 2.56. The van der Waals surface area contributed by atoms with Crippen LogP contribution in [0.2, 0.25) is 0 Å². The fourth-order valence-corrected chi connectivity index (χ4v) is 8.36. The molecule has 13 atom stereocenters. The average molecular weight is 1260 g/mol. The van der Waals surface area contributed by atoms with Gasteiger partial charge in [-0.05, 0) is 69.4 Å². The quantitative estimate of drug-likeness (QED) is 0.0197. The second-order valence-electron chi connectivity index (χ2n) is 22.6. The fraction of sp³-hybridized carbons (Fsp3) is 0.586. The number of carboxylic acid groups (broad SMARTS) is 1. The van der Waals surface area contributed by atoms with Gasteiger partial charge in [-0.25, -0.2) is 14.4 Å². The molecule has 0 aliphatic carbocycles. The lowest BCUT2D eigenvalue weighted by molar-refractivity contribution is -0.143. The number of aliphatic carboxylic acids is 1. The van der Waals surface area contributed by atoms with Crippen LogP contribution in [0, 0.1) is 23.2 Å². The summed E-state index contributed by atoms with van der Waals surface area (Å²) in [4.78, 5) is 150. The van der Waals surface area contributed by atoms with Gasteiger partial charge in [0.25, 0.3) is 0 Å². The van der Waals surface area contributed by atoms with Crippen molar-refractivity contribution < 1.29 is 87.7 Å². The molecule has 10 amide bonds. The smallest absolute Gasteiger partial charge is 0.408 e. The number of carboxylic acids is 1. The lowest BCUT2D eigenvalue weighted by Gasteiger charge is -2.33. The zero-order chi connectivity index (χ0) is 67.3. The van der Waals surface area contributed by atoms with Crippen LogP contribution in [0.25, 0.3) is 0 Å².